The van der Waals surface area contributed by atoms with Gasteiger partial charge in [-0.2, -0.15) is 5.26 Å². The summed E-state index contributed by atoms with van der Waals surface area (Å²) in [4.78, 5) is 6.89. The van der Waals surface area contributed by atoms with Crippen LogP contribution >= 0.6 is 0 Å². The first kappa shape index (κ1) is 11.5. The Hall–Kier alpha value is -1.60. The Kier molecular flexibility index (Phi) is 3.16. The van der Waals surface area contributed by atoms with Crippen molar-refractivity contribution in [2.24, 2.45) is 0 Å². The van der Waals surface area contributed by atoms with Gasteiger partial charge in [0, 0.05) is 18.6 Å². The minimum absolute atomic E-state index is 0.485. The maximum atomic E-state index is 8.84. The lowest BCUT2D eigenvalue weighted by Crippen LogP contribution is -2.42. The molecule has 1 aromatic heterocycles. The van der Waals surface area contributed by atoms with Crippen LogP contribution in [0.3, 0.4) is 0 Å². The highest BCUT2D eigenvalue weighted by molar-refractivity contribution is 5.39. The van der Waals surface area contributed by atoms with Gasteiger partial charge in [-0.3, -0.25) is 0 Å². The second kappa shape index (κ2) is 4.95. The zero-order valence-electron chi connectivity index (χ0n) is 10.5. The molecule has 2 aliphatic rings. The normalized spacial score (nSPS) is 27.5. The molecule has 0 spiro atoms. The number of nitriles is 1. The molecule has 0 saturated carbocycles. The summed E-state index contributed by atoms with van der Waals surface area (Å²) in [7, 11) is 0. The Labute approximate surface area is 108 Å². The average Bonchev–Trinajstić information content (AvgIpc) is 2.86. The third-order valence-corrected chi connectivity index (χ3v) is 4.04. The van der Waals surface area contributed by atoms with Crippen molar-refractivity contribution in [3.63, 3.8) is 0 Å². The van der Waals surface area contributed by atoms with Crippen LogP contribution in [0.5, 0.6) is 0 Å². The van der Waals surface area contributed by atoms with E-state index in [4.69, 9.17) is 5.26 Å². The number of nitrogens with one attached hydrogen (secondary N) is 1. The van der Waals surface area contributed by atoms with Crippen molar-refractivity contribution in [2.45, 2.75) is 37.8 Å². The first-order valence-electron chi connectivity index (χ1n) is 6.73. The Morgan fingerprint density at radius 2 is 2.28 bits per heavy atom. The number of nitrogens with zero attached hydrogens (tertiary/aromatic N) is 3. The Balaban J connectivity index is 1.64. The fourth-order valence-electron chi connectivity index (χ4n) is 3.14. The molecule has 2 aliphatic heterocycles. The van der Waals surface area contributed by atoms with Crippen LogP contribution in [0.25, 0.3) is 0 Å². The van der Waals surface area contributed by atoms with Crippen LogP contribution in [0.2, 0.25) is 0 Å². The monoisotopic (exact) mass is 242 g/mol. The Bertz CT molecular complexity index is 465. The molecule has 0 amide bonds. The van der Waals surface area contributed by atoms with Gasteiger partial charge in [0.05, 0.1) is 0 Å². The number of hydrogen-bond donors (Lipinski definition) is 1. The summed E-state index contributed by atoms with van der Waals surface area (Å²) < 4.78 is 0. The van der Waals surface area contributed by atoms with Crippen molar-refractivity contribution in [1.82, 2.24) is 9.88 Å². The lowest BCUT2D eigenvalue weighted by atomic mass is 9.97. The predicted molar refractivity (Wildman–Crippen MR) is 70.2 cm³/mol. The number of aromatic nitrogens is 1. The standard InChI is InChI=1S/C14H18N4/c15-10-12-3-1-5-14(17-12)16-11-6-8-18-7-2-4-13(18)9-11/h1,3,5,11,13H,2,4,6-9H2,(H,16,17). The van der Waals surface area contributed by atoms with Gasteiger partial charge in [0.25, 0.3) is 0 Å². The largest absolute Gasteiger partial charge is 0.367 e. The molecule has 0 radical (unpaired) electrons. The van der Waals surface area contributed by atoms with E-state index in [2.05, 4.69) is 21.3 Å². The third kappa shape index (κ3) is 2.32. The Morgan fingerprint density at radius 1 is 1.33 bits per heavy atom. The van der Waals surface area contributed by atoms with Crippen LogP contribution < -0.4 is 5.32 Å². The summed E-state index contributed by atoms with van der Waals surface area (Å²) >= 11 is 0. The second-order valence-electron chi connectivity index (χ2n) is 5.22. The molecule has 0 aliphatic carbocycles. The van der Waals surface area contributed by atoms with E-state index in [1.807, 2.05) is 12.1 Å². The lowest BCUT2D eigenvalue weighted by molar-refractivity contribution is 0.188. The number of pyridine rings is 1. The SMILES string of the molecule is N#Cc1cccc(NC2CCN3CCCC3C2)n1. The van der Waals surface area contributed by atoms with Gasteiger partial charge >= 0.3 is 0 Å². The molecule has 2 atom stereocenters. The van der Waals surface area contributed by atoms with Gasteiger partial charge in [-0.1, -0.05) is 6.07 Å². The zero-order chi connectivity index (χ0) is 12.4. The van der Waals surface area contributed by atoms with E-state index in [9.17, 15) is 0 Å². The molecule has 2 saturated heterocycles. The van der Waals surface area contributed by atoms with Crippen LogP contribution in [0.1, 0.15) is 31.4 Å². The highest BCUT2D eigenvalue weighted by Crippen LogP contribution is 2.28. The fraction of sp³-hybridized carbons (Fsp3) is 0.571. The van der Waals surface area contributed by atoms with Crippen LogP contribution in [0.15, 0.2) is 18.2 Å². The van der Waals surface area contributed by atoms with Gasteiger partial charge in [-0.25, -0.2) is 4.98 Å². The van der Waals surface area contributed by atoms with Gasteiger partial charge in [-0.05, 0) is 44.4 Å². The van der Waals surface area contributed by atoms with Gasteiger partial charge < -0.3 is 10.2 Å². The summed E-state index contributed by atoms with van der Waals surface area (Å²) in [5, 5.41) is 12.3. The van der Waals surface area contributed by atoms with Gasteiger partial charge in [-0.15, -0.1) is 0 Å². The van der Waals surface area contributed by atoms with Crippen molar-refractivity contribution in [3.8, 4) is 6.07 Å². The first-order valence-corrected chi connectivity index (χ1v) is 6.73. The fourth-order valence-corrected chi connectivity index (χ4v) is 3.14. The molecule has 1 aromatic rings. The summed E-state index contributed by atoms with van der Waals surface area (Å²) in [5.41, 5.74) is 0.485. The van der Waals surface area contributed by atoms with Crippen LogP contribution in [0.4, 0.5) is 5.82 Å². The topological polar surface area (TPSA) is 52.0 Å². The molecule has 94 valence electrons. The van der Waals surface area contributed by atoms with Crippen LogP contribution in [0, 0.1) is 11.3 Å². The molecule has 18 heavy (non-hydrogen) atoms. The molecule has 0 bridgehead atoms. The van der Waals surface area contributed by atoms with E-state index in [1.54, 1.807) is 6.07 Å². The number of anilines is 1. The van der Waals surface area contributed by atoms with Gasteiger partial charge in [0.2, 0.25) is 0 Å². The van der Waals surface area contributed by atoms with Crippen LogP contribution in [-0.4, -0.2) is 35.1 Å². The van der Waals surface area contributed by atoms with Crippen molar-refractivity contribution in [1.29, 1.82) is 5.26 Å². The van der Waals surface area contributed by atoms with E-state index in [1.165, 1.54) is 38.8 Å². The lowest BCUT2D eigenvalue weighted by Gasteiger charge is -2.35. The quantitative estimate of drug-likeness (QED) is 0.861. The third-order valence-electron chi connectivity index (χ3n) is 4.04. The second-order valence-corrected chi connectivity index (χ2v) is 5.22. The van der Waals surface area contributed by atoms with E-state index in [-0.39, 0.29) is 0 Å². The molecule has 2 fully saturated rings. The number of hydrogen-bond acceptors (Lipinski definition) is 4. The van der Waals surface area contributed by atoms with Crippen molar-refractivity contribution < 1.29 is 0 Å². The molecule has 4 heteroatoms. The maximum Gasteiger partial charge on any atom is 0.142 e. The maximum absolute atomic E-state index is 8.84. The minimum atomic E-state index is 0.485. The number of piperidine rings is 1. The molecular weight excluding hydrogens is 224 g/mol. The molecule has 3 heterocycles. The molecule has 0 aromatic carbocycles. The molecule has 4 nitrogen and oxygen atoms in total. The van der Waals surface area contributed by atoms with E-state index < -0.39 is 0 Å². The summed E-state index contributed by atoms with van der Waals surface area (Å²) in [6.07, 6.45) is 5.07. The molecule has 3 rings (SSSR count). The van der Waals surface area contributed by atoms with Crippen molar-refractivity contribution in [2.75, 3.05) is 18.4 Å². The van der Waals surface area contributed by atoms with E-state index in [0.29, 0.717) is 11.7 Å². The molecule has 2 unspecified atom stereocenters. The highest BCUT2D eigenvalue weighted by Gasteiger charge is 2.31. The average molecular weight is 242 g/mol. The summed E-state index contributed by atoms with van der Waals surface area (Å²) in [6, 6.07) is 8.92. The predicted octanol–water partition coefficient (Wildman–Crippen LogP) is 1.99. The number of rotatable bonds is 2. The minimum Gasteiger partial charge on any atom is -0.367 e. The smallest absolute Gasteiger partial charge is 0.142 e. The first-order chi connectivity index (χ1) is 8.85. The van der Waals surface area contributed by atoms with Crippen molar-refractivity contribution in [3.05, 3.63) is 23.9 Å². The summed E-state index contributed by atoms with van der Waals surface area (Å²) in [5.74, 6) is 0.838. The van der Waals surface area contributed by atoms with Gasteiger partial charge in [0.15, 0.2) is 0 Å². The Morgan fingerprint density at radius 3 is 3.17 bits per heavy atom. The zero-order valence-corrected chi connectivity index (χ0v) is 10.5. The summed E-state index contributed by atoms with van der Waals surface area (Å²) in [6.45, 7) is 2.47. The van der Waals surface area contributed by atoms with Gasteiger partial charge in [0.1, 0.15) is 17.6 Å². The molecular formula is C14H18N4. The van der Waals surface area contributed by atoms with E-state index in [0.717, 1.165) is 11.9 Å². The highest BCUT2D eigenvalue weighted by atomic mass is 15.2. The molecule has 1 N–H and O–H groups in total. The number of fused-ring (bicyclic) bond motifs is 1. The van der Waals surface area contributed by atoms with E-state index >= 15 is 0 Å². The van der Waals surface area contributed by atoms with Crippen molar-refractivity contribution >= 4 is 5.82 Å². The van der Waals surface area contributed by atoms with Crippen LogP contribution in [-0.2, 0) is 0 Å².